The van der Waals surface area contributed by atoms with Crippen molar-refractivity contribution >= 4 is 5.91 Å². The maximum absolute atomic E-state index is 11.9. The zero-order chi connectivity index (χ0) is 15.5. The van der Waals surface area contributed by atoms with Crippen molar-refractivity contribution in [3.8, 4) is 0 Å². The van der Waals surface area contributed by atoms with E-state index >= 15 is 0 Å². The molecule has 8 atom stereocenters. The minimum atomic E-state index is -0.0742. The number of nitrogens with two attached hydrogens (primary N) is 1. The second kappa shape index (κ2) is 5.22. The molecule has 4 fully saturated rings. The van der Waals surface area contributed by atoms with Gasteiger partial charge in [-0.25, -0.2) is 0 Å². The highest BCUT2D eigenvalue weighted by Gasteiger charge is 2.58. The molecule has 0 aromatic carbocycles. The first-order chi connectivity index (χ1) is 10.5. The fraction of sp³-hybridized carbons (Fsp3) is 0.947. The Morgan fingerprint density at radius 1 is 1.05 bits per heavy atom. The molecule has 4 aliphatic carbocycles. The summed E-state index contributed by atoms with van der Waals surface area (Å²) in [6.45, 7) is 2.33. The van der Waals surface area contributed by atoms with E-state index in [1.807, 2.05) is 0 Å². The van der Waals surface area contributed by atoms with Crippen molar-refractivity contribution in [2.45, 2.75) is 70.8 Å². The lowest BCUT2D eigenvalue weighted by Crippen LogP contribution is -2.52. The fourth-order valence-corrected chi connectivity index (χ4v) is 7.34. The van der Waals surface area contributed by atoms with Gasteiger partial charge in [0, 0.05) is 5.92 Å². The summed E-state index contributed by atoms with van der Waals surface area (Å²) in [6.07, 6.45) is 10.6. The van der Waals surface area contributed by atoms with Crippen LogP contribution in [0.4, 0.5) is 0 Å². The van der Waals surface area contributed by atoms with Crippen molar-refractivity contribution in [3.63, 3.8) is 0 Å². The van der Waals surface area contributed by atoms with Crippen LogP contribution in [0.3, 0.4) is 0 Å². The molecular weight excluding hydrogens is 274 g/mol. The number of carbonyl (C=O) groups is 1. The van der Waals surface area contributed by atoms with E-state index in [-0.39, 0.29) is 23.3 Å². The van der Waals surface area contributed by atoms with Crippen molar-refractivity contribution in [3.05, 3.63) is 0 Å². The average Bonchev–Trinajstić information content (AvgIpc) is 2.84. The van der Waals surface area contributed by atoms with Gasteiger partial charge in [0.05, 0.1) is 6.10 Å². The molecule has 4 saturated carbocycles. The molecule has 0 spiro atoms. The van der Waals surface area contributed by atoms with E-state index in [4.69, 9.17) is 5.73 Å². The molecule has 0 heterocycles. The van der Waals surface area contributed by atoms with Gasteiger partial charge in [0.2, 0.25) is 5.91 Å². The van der Waals surface area contributed by atoms with Crippen molar-refractivity contribution < 1.29 is 9.90 Å². The number of aliphatic hydroxyl groups excluding tert-OH is 1. The SMILES string of the molecule is C[C@]12CC[C@@H]3[C@H]4C(O)CCCC4CC[C@H]3[C@@H]1CCC2C(N)=O. The molecule has 0 aliphatic heterocycles. The first-order valence-electron chi connectivity index (χ1n) is 9.49. The normalized spacial score (nSPS) is 54.2. The van der Waals surface area contributed by atoms with Crippen LogP contribution in [0.1, 0.15) is 64.7 Å². The number of aliphatic hydroxyl groups is 1. The Morgan fingerprint density at radius 3 is 2.64 bits per heavy atom. The molecule has 124 valence electrons. The van der Waals surface area contributed by atoms with E-state index in [2.05, 4.69) is 6.92 Å². The fourth-order valence-electron chi connectivity index (χ4n) is 7.34. The Labute approximate surface area is 134 Å². The molecule has 3 heteroatoms. The maximum Gasteiger partial charge on any atom is 0.221 e. The second-order valence-corrected chi connectivity index (χ2v) is 8.92. The van der Waals surface area contributed by atoms with E-state index in [1.165, 1.54) is 38.5 Å². The molecule has 3 N–H and O–H groups in total. The number of hydrogen-bond donors (Lipinski definition) is 2. The molecule has 3 unspecified atom stereocenters. The molecule has 4 aliphatic rings. The molecule has 0 radical (unpaired) electrons. The zero-order valence-corrected chi connectivity index (χ0v) is 13.8. The van der Waals surface area contributed by atoms with Crippen LogP contribution in [-0.4, -0.2) is 17.1 Å². The smallest absolute Gasteiger partial charge is 0.221 e. The third-order valence-corrected chi connectivity index (χ3v) is 8.26. The Morgan fingerprint density at radius 2 is 1.86 bits per heavy atom. The number of fused-ring (bicyclic) bond motifs is 5. The van der Waals surface area contributed by atoms with Crippen LogP contribution >= 0.6 is 0 Å². The van der Waals surface area contributed by atoms with Crippen LogP contribution in [0.25, 0.3) is 0 Å². The monoisotopic (exact) mass is 305 g/mol. The predicted octanol–water partition coefficient (Wildman–Crippen LogP) is 3.10. The standard InChI is InChI=1S/C19H31NO2/c1-19-10-9-13-12(14(19)7-8-15(19)18(20)22)6-5-11-3-2-4-16(21)17(11)13/h11-17,21H,2-10H2,1H3,(H2,20,22)/t11?,12-,13+,14+,15?,16?,17+,19+/m1/s1. The molecule has 4 rings (SSSR count). The third-order valence-electron chi connectivity index (χ3n) is 8.26. The van der Waals surface area contributed by atoms with Gasteiger partial charge >= 0.3 is 0 Å². The number of amides is 1. The quantitative estimate of drug-likeness (QED) is 0.782. The number of primary amides is 1. The molecule has 0 aromatic heterocycles. The van der Waals surface area contributed by atoms with Gasteiger partial charge < -0.3 is 10.8 Å². The van der Waals surface area contributed by atoms with Crippen molar-refractivity contribution in [1.82, 2.24) is 0 Å². The molecular formula is C19H31NO2. The first-order valence-corrected chi connectivity index (χ1v) is 9.49. The van der Waals surface area contributed by atoms with E-state index in [1.54, 1.807) is 0 Å². The summed E-state index contributed by atoms with van der Waals surface area (Å²) in [5.74, 6) is 3.43. The highest BCUT2D eigenvalue weighted by molar-refractivity contribution is 5.78. The summed E-state index contributed by atoms with van der Waals surface area (Å²) in [5, 5.41) is 10.6. The lowest BCUT2D eigenvalue weighted by molar-refractivity contribution is -0.132. The minimum Gasteiger partial charge on any atom is -0.393 e. The molecule has 0 aromatic rings. The van der Waals surface area contributed by atoms with E-state index in [0.29, 0.717) is 17.8 Å². The summed E-state index contributed by atoms with van der Waals surface area (Å²) in [7, 11) is 0. The Kier molecular flexibility index (Phi) is 3.56. The van der Waals surface area contributed by atoms with E-state index in [0.717, 1.165) is 31.1 Å². The highest BCUT2D eigenvalue weighted by Crippen LogP contribution is 2.64. The molecule has 0 saturated heterocycles. The summed E-state index contributed by atoms with van der Waals surface area (Å²) < 4.78 is 0. The largest absolute Gasteiger partial charge is 0.393 e. The number of hydrogen-bond acceptors (Lipinski definition) is 2. The number of carbonyl (C=O) groups excluding carboxylic acids is 1. The average molecular weight is 305 g/mol. The Bertz CT molecular complexity index is 464. The molecule has 22 heavy (non-hydrogen) atoms. The predicted molar refractivity (Wildman–Crippen MR) is 85.8 cm³/mol. The molecule has 1 amide bonds. The van der Waals surface area contributed by atoms with Crippen molar-refractivity contribution in [2.75, 3.05) is 0 Å². The van der Waals surface area contributed by atoms with Gasteiger partial charge in [-0.15, -0.1) is 0 Å². The van der Waals surface area contributed by atoms with Gasteiger partial charge in [0.15, 0.2) is 0 Å². The van der Waals surface area contributed by atoms with E-state index < -0.39 is 0 Å². The van der Waals surface area contributed by atoms with Crippen LogP contribution < -0.4 is 5.73 Å². The van der Waals surface area contributed by atoms with Crippen LogP contribution in [0.2, 0.25) is 0 Å². The van der Waals surface area contributed by atoms with Crippen LogP contribution in [0.5, 0.6) is 0 Å². The highest BCUT2D eigenvalue weighted by atomic mass is 16.3. The second-order valence-electron chi connectivity index (χ2n) is 8.92. The third kappa shape index (κ3) is 2.00. The summed E-state index contributed by atoms with van der Waals surface area (Å²) >= 11 is 0. The molecule has 3 nitrogen and oxygen atoms in total. The molecule has 0 bridgehead atoms. The maximum atomic E-state index is 11.9. The van der Waals surface area contributed by atoms with Crippen LogP contribution in [0, 0.1) is 40.9 Å². The van der Waals surface area contributed by atoms with Gasteiger partial charge in [0.1, 0.15) is 0 Å². The topological polar surface area (TPSA) is 63.3 Å². The van der Waals surface area contributed by atoms with Gasteiger partial charge in [-0.2, -0.15) is 0 Å². The first kappa shape index (κ1) is 15.0. The van der Waals surface area contributed by atoms with Crippen LogP contribution in [0.15, 0.2) is 0 Å². The summed E-state index contributed by atoms with van der Waals surface area (Å²) in [5.41, 5.74) is 5.85. The van der Waals surface area contributed by atoms with Gasteiger partial charge in [0.25, 0.3) is 0 Å². The lowest BCUT2D eigenvalue weighted by atomic mass is 9.49. The Balaban J connectivity index is 1.61. The van der Waals surface area contributed by atoms with E-state index in [9.17, 15) is 9.90 Å². The van der Waals surface area contributed by atoms with Crippen molar-refractivity contribution in [2.24, 2.45) is 46.7 Å². The summed E-state index contributed by atoms with van der Waals surface area (Å²) in [4.78, 5) is 11.9. The Hall–Kier alpha value is -0.570. The minimum absolute atomic E-state index is 0.0655. The lowest BCUT2D eigenvalue weighted by Gasteiger charge is -2.56. The van der Waals surface area contributed by atoms with Crippen LogP contribution in [-0.2, 0) is 4.79 Å². The number of rotatable bonds is 1. The van der Waals surface area contributed by atoms with Gasteiger partial charge in [-0.3, -0.25) is 4.79 Å². The van der Waals surface area contributed by atoms with Gasteiger partial charge in [-0.1, -0.05) is 13.3 Å². The summed E-state index contributed by atoms with van der Waals surface area (Å²) in [6, 6.07) is 0. The van der Waals surface area contributed by atoms with Crippen molar-refractivity contribution in [1.29, 1.82) is 0 Å². The van der Waals surface area contributed by atoms with Gasteiger partial charge in [-0.05, 0) is 86.4 Å². The zero-order valence-electron chi connectivity index (χ0n) is 13.8.